The molecule has 2 aliphatic rings. The smallest absolute Gasteiger partial charge is 0.410 e. The third-order valence-corrected chi connectivity index (χ3v) is 4.86. The first-order valence-electron chi connectivity index (χ1n) is 8.42. The Morgan fingerprint density at radius 3 is 2.64 bits per heavy atom. The van der Waals surface area contributed by atoms with Gasteiger partial charge in [-0.3, -0.25) is 14.7 Å². The lowest BCUT2D eigenvalue weighted by Crippen LogP contribution is -2.47. The zero-order valence-electron chi connectivity index (χ0n) is 14.7. The standard InChI is InChI=1S/C17H23ClN4O3/c1-16(2,3)25-15(24)22-10-17(4-5-17)8-12(22)14(23)21-9-11-13(18)20-7-6-19-11/h6-7,12H,4-5,8-10H2,1-3H3,(H,21,23). The second kappa shape index (κ2) is 6.44. The van der Waals surface area contributed by atoms with Gasteiger partial charge in [-0.2, -0.15) is 0 Å². The van der Waals surface area contributed by atoms with Crippen molar-refractivity contribution in [1.29, 1.82) is 0 Å². The van der Waals surface area contributed by atoms with Crippen molar-refractivity contribution in [2.24, 2.45) is 5.41 Å². The number of carbonyl (C=O) groups excluding carboxylic acids is 2. The molecule has 2 heterocycles. The van der Waals surface area contributed by atoms with Gasteiger partial charge in [0.25, 0.3) is 0 Å². The third-order valence-electron chi connectivity index (χ3n) is 4.55. The summed E-state index contributed by atoms with van der Waals surface area (Å²) in [4.78, 5) is 34.8. The van der Waals surface area contributed by atoms with Gasteiger partial charge in [0.1, 0.15) is 11.6 Å². The van der Waals surface area contributed by atoms with Gasteiger partial charge in [0.2, 0.25) is 5.91 Å². The molecule has 8 heteroatoms. The zero-order chi connectivity index (χ0) is 18.2. The first kappa shape index (κ1) is 17.9. The molecule has 1 aliphatic heterocycles. The van der Waals surface area contributed by atoms with Crippen LogP contribution in [0, 0.1) is 5.41 Å². The molecule has 0 bridgehead atoms. The molecule has 7 nitrogen and oxygen atoms in total. The topological polar surface area (TPSA) is 84.4 Å². The Bertz CT molecular complexity index is 685. The highest BCUT2D eigenvalue weighted by Gasteiger charge is 2.55. The lowest BCUT2D eigenvalue weighted by molar-refractivity contribution is -0.125. The van der Waals surface area contributed by atoms with E-state index >= 15 is 0 Å². The second-order valence-corrected chi connectivity index (χ2v) is 8.20. The molecule has 25 heavy (non-hydrogen) atoms. The Hall–Kier alpha value is -1.89. The summed E-state index contributed by atoms with van der Waals surface area (Å²) in [7, 11) is 0. The van der Waals surface area contributed by atoms with E-state index in [1.165, 1.54) is 12.4 Å². The van der Waals surface area contributed by atoms with Crippen LogP contribution in [0.15, 0.2) is 12.4 Å². The van der Waals surface area contributed by atoms with E-state index in [-0.39, 0.29) is 23.0 Å². The van der Waals surface area contributed by atoms with Crippen LogP contribution in [0.1, 0.15) is 45.7 Å². The number of aromatic nitrogens is 2. The summed E-state index contributed by atoms with van der Waals surface area (Å²) in [5.41, 5.74) is -0.00584. The molecule has 2 amide bonds. The number of halogens is 1. The van der Waals surface area contributed by atoms with Crippen LogP contribution in [-0.2, 0) is 16.1 Å². The molecule has 1 aliphatic carbocycles. The molecule has 1 aromatic rings. The predicted octanol–water partition coefficient (Wildman–Crippen LogP) is 2.54. The fourth-order valence-electron chi connectivity index (χ4n) is 3.10. The number of nitrogens with one attached hydrogen (secondary N) is 1. The molecule has 0 radical (unpaired) electrons. The molecular weight excluding hydrogens is 344 g/mol. The first-order chi connectivity index (χ1) is 11.7. The van der Waals surface area contributed by atoms with Crippen molar-refractivity contribution in [2.45, 2.75) is 58.2 Å². The first-order valence-corrected chi connectivity index (χ1v) is 8.80. The van der Waals surface area contributed by atoms with Crippen molar-refractivity contribution in [3.63, 3.8) is 0 Å². The average molecular weight is 367 g/mol. The van der Waals surface area contributed by atoms with Crippen LogP contribution >= 0.6 is 11.6 Å². The van der Waals surface area contributed by atoms with Crippen molar-refractivity contribution in [2.75, 3.05) is 6.54 Å². The van der Waals surface area contributed by atoms with E-state index in [0.29, 0.717) is 18.7 Å². The summed E-state index contributed by atoms with van der Waals surface area (Å²) in [5.74, 6) is -0.212. The van der Waals surface area contributed by atoms with Gasteiger partial charge in [-0.1, -0.05) is 11.6 Å². The second-order valence-electron chi connectivity index (χ2n) is 7.84. The van der Waals surface area contributed by atoms with Gasteiger partial charge in [-0.25, -0.2) is 9.78 Å². The minimum absolute atomic E-state index is 0.0864. The number of hydrogen-bond acceptors (Lipinski definition) is 5. The number of rotatable bonds is 3. The largest absolute Gasteiger partial charge is 0.444 e. The Kier molecular flexibility index (Phi) is 4.62. The Labute approximate surface area is 152 Å². The molecule has 1 atom stereocenters. The summed E-state index contributed by atoms with van der Waals surface area (Å²) in [6.45, 7) is 6.21. The van der Waals surface area contributed by atoms with Gasteiger partial charge in [0.15, 0.2) is 5.15 Å². The van der Waals surface area contributed by atoms with E-state index in [2.05, 4.69) is 15.3 Å². The molecule has 1 saturated heterocycles. The van der Waals surface area contributed by atoms with Gasteiger partial charge in [-0.05, 0) is 45.4 Å². The van der Waals surface area contributed by atoms with Crippen LogP contribution in [0.3, 0.4) is 0 Å². The minimum atomic E-state index is -0.593. The maximum atomic E-state index is 12.7. The third kappa shape index (κ3) is 4.21. The number of carbonyl (C=O) groups is 2. The fourth-order valence-corrected chi connectivity index (χ4v) is 3.27. The molecule has 136 valence electrons. The SMILES string of the molecule is CC(C)(C)OC(=O)N1CC2(CC2)CC1C(=O)NCc1nccnc1Cl. The molecule has 3 rings (SSSR count). The van der Waals surface area contributed by atoms with Crippen LogP contribution in [0.2, 0.25) is 5.15 Å². The summed E-state index contributed by atoms with van der Waals surface area (Å²) >= 11 is 5.96. The van der Waals surface area contributed by atoms with Crippen LogP contribution in [0.25, 0.3) is 0 Å². The quantitative estimate of drug-likeness (QED) is 0.888. The van der Waals surface area contributed by atoms with Crippen molar-refractivity contribution in [3.8, 4) is 0 Å². The van der Waals surface area contributed by atoms with Gasteiger partial charge in [0, 0.05) is 18.9 Å². The molecule has 1 spiro atoms. The maximum Gasteiger partial charge on any atom is 0.410 e. The van der Waals surface area contributed by atoms with Crippen LogP contribution in [0.4, 0.5) is 4.79 Å². The molecule has 1 N–H and O–H groups in total. The van der Waals surface area contributed by atoms with E-state index in [9.17, 15) is 9.59 Å². The van der Waals surface area contributed by atoms with E-state index in [1.807, 2.05) is 20.8 Å². The van der Waals surface area contributed by atoms with Gasteiger partial charge < -0.3 is 10.1 Å². The van der Waals surface area contributed by atoms with Crippen molar-refractivity contribution < 1.29 is 14.3 Å². The Balaban J connectivity index is 1.66. The lowest BCUT2D eigenvalue weighted by atomic mass is 10.0. The highest BCUT2D eigenvalue weighted by atomic mass is 35.5. The number of amides is 2. The molecular formula is C17H23ClN4O3. The number of likely N-dealkylation sites (tertiary alicyclic amines) is 1. The average Bonchev–Trinajstić information content (AvgIpc) is 3.15. The molecule has 1 aromatic heterocycles. The summed E-state index contributed by atoms with van der Waals surface area (Å²) in [5, 5.41) is 3.08. The fraction of sp³-hybridized carbons (Fsp3) is 0.647. The number of nitrogens with zero attached hydrogens (tertiary/aromatic N) is 3. The molecule has 0 aromatic carbocycles. The monoisotopic (exact) mass is 366 g/mol. The van der Waals surface area contributed by atoms with Crippen LogP contribution in [-0.4, -0.2) is 45.1 Å². The summed E-state index contributed by atoms with van der Waals surface area (Å²) in [6, 6.07) is -0.521. The van der Waals surface area contributed by atoms with Gasteiger partial charge in [0.05, 0.1) is 12.2 Å². The number of hydrogen-bond donors (Lipinski definition) is 1. The highest BCUT2D eigenvalue weighted by Crippen LogP contribution is 2.55. The Morgan fingerprint density at radius 2 is 2.04 bits per heavy atom. The molecule has 1 saturated carbocycles. The highest BCUT2D eigenvalue weighted by molar-refractivity contribution is 6.29. The Morgan fingerprint density at radius 1 is 1.36 bits per heavy atom. The van der Waals surface area contributed by atoms with Crippen molar-refractivity contribution in [3.05, 3.63) is 23.2 Å². The van der Waals surface area contributed by atoms with Gasteiger partial charge >= 0.3 is 6.09 Å². The molecule has 2 fully saturated rings. The van der Waals surface area contributed by atoms with E-state index in [0.717, 1.165) is 12.8 Å². The lowest BCUT2D eigenvalue weighted by Gasteiger charge is -2.28. The predicted molar refractivity (Wildman–Crippen MR) is 91.9 cm³/mol. The van der Waals surface area contributed by atoms with E-state index in [4.69, 9.17) is 16.3 Å². The minimum Gasteiger partial charge on any atom is -0.444 e. The van der Waals surface area contributed by atoms with Crippen molar-refractivity contribution >= 4 is 23.6 Å². The van der Waals surface area contributed by atoms with Crippen LogP contribution < -0.4 is 5.32 Å². The normalized spacial score (nSPS) is 21.3. The summed E-state index contributed by atoms with van der Waals surface area (Å²) in [6.07, 6.45) is 5.35. The zero-order valence-corrected chi connectivity index (χ0v) is 15.5. The molecule has 1 unspecified atom stereocenters. The number of ether oxygens (including phenoxy) is 1. The van der Waals surface area contributed by atoms with E-state index < -0.39 is 17.7 Å². The maximum absolute atomic E-state index is 12.7. The van der Waals surface area contributed by atoms with E-state index in [1.54, 1.807) is 4.90 Å². The van der Waals surface area contributed by atoms with Crippen molar-refractivity contribution in [1.82, 2.24) is 20.2 Å². The summed E-state index contributed by atoms with van der Waals surface area (Å²) < 4.78 is 5.47. The van der Waals surface area contributed by atoms with Crippen LogP contribution in [0.5, 0.6) is 0 Å². The van der Waals surface area contributed by atoms with Gasteiger partial charge in [-0.15, -0.1) is 0 Å².